The smallest absolute Gasteiger partial charge is 0.231 e. The Hall–Kier alpha value is -3.47. The molecule has 1 aromatic heterocycles. The molecule has 1 heterocycles. The molecule has 166 valence electrons. The highest BCUT2D eigenvalue weighted by Crippen LogP contribution is 2.43. The van der Waals surface area contributed by atoms with Crippen molar-refractivity contribution in [2.45, 2.75) is 51.0 Å². The molecule has 0 unspecified atom stereocenters. The predicted molar refractivity (Wildman–Crippen MR) is 129 cm³/mol. The fourth-order valence-electron chi connectivity index (χ4n) is 5.22. The number of amides is 1. The molecule has 2 aliphatic carbocycles. The fourth-order valence-corrected chi connectivity index (χ4v) is 5.22. The number of halogens is 1. The zero-order valence-electron chi connectivity index (χ0n) is 18.6. The number of para-hydroxylation sites is 1. The van der Waals surface area contributed by atoms with Crippen LogP contribution in [0.5, 0.6) is 0 Å². The number of nitrogens with one attached hydrogen (secondary N) is 1. The van der Waals surface area contributed by atoms with Crippen molar-refractivity contribution >= 4 is 22.6 Å². The van der Waals surface area contributed by atoms with E-state index in [1.807, 2.05) is 43.3 Å². The third-order valence-electron chi connectivity index (χ3n) is 7.01. The van der Waals surface area contributed by atoms with Crippen molar-refractivity contribution in [3.05, 3.63) is 83.2 Å². The average molecular weight is 440 g/mol. The van der Waals surface area contributed by atoms with Gasteiger partial charge >= 0.3 is 0 Å². The predicted octanol–water partition coefficient (Wildman–Crippen LogP) is 6.54. The van der Waals surface area contributed by atoms with Gasteiger partial charge in [0.15, 0.2) is 0 Å². The van der Waals surface area contributed by atoms with E-state index in [1.54, 1.807) is 0 Å². The highest BCUT2D eigenvalue weighted by atomic mass is 19.1. The van der Waals surface area contributed by atoms with Gasteiger partial charge in [-0.25, -0.2) is 9.37 Å². The Bertz CT molecular complexity index is 1390. The summed E-state index contributed by atoms with van der Waals surface area (Å²) in [5, 5.41) is 3.26. The first-order valence-corrected chi connectivity index (χ1v) is 11.8. The topological polar surface area (TPSA) is 46.9 Å². The molecule has 0 saturated heterocycles. The van der Waals surface area contributed by atoms with E-state index in [9.17, 15) is 9.18 Å². The van der Waals surface area contributed by atoms with Crippen LogP contribution in [-0.2, 0) is 11.2 Å². The van der Waals surface area contributed by atoms with Gasteiger partial charge in [-0.3, -0.25) is 4.79 Å². The van der Waals surface area contributed by atoms with Gasteiger partial charge in [0.25, 0.3) is 0 Å². The van der Waals surface area contributed by atoms with Gasteiger partial charge in [-0.15, -0.1) is 0 Å². The maximum Gasteiger partial charge on any atom is 0.231 e. The first kappa shape index (κ1) is 20.2. The van der Waals surface area contributed by atoms with Crippen LogP contribution in [0.4, 0.5) is 10.1 Å². The number of carbonyl (C=O) groups is 1. The van der Waals surface area contributed by atoms with Crippen LogP contribution in [0.25, 0.3) is 22.4 Å². The van der Waals surface area contributed by atoms with Crippen LogP contribution in [0.2, 0.25) is 0 Å². The number of fused-ring (bicyclic) bond motifs is 2. The summed E-state index contributed by atoms with van der Waals surface area (Å²) in [4.78, 5) is 18.4. The fraction of sp³-hybridized carbons (Fsp3) is 0.286. The monoisotopic (exact) mass is 439 g/mol. The quantitative estimate of drug-likeness (QED) is 0.392. The second kappa shape index (κ2) is 7.84. The van der Waals surface area contributed by atoms with E-state index in [1.165, 1.54) is 17.7 Å². The van der Waals surface area contributed by atoms with Crippen molar-refractivity contribution in [3.8, 4) is 11.4 Å². The van der Waals surface area contributed by atoms with Crippen LogP contribution in [0, 0.1) is 12.7 Å². The Balaban J connectivity index is 1.43. The molecule has 1 saturated carbocycles. The molecule has 1 amide bonds. The number of benzene rings is 3. The summed E-state index contributed by atoms with van der Waals surface area (Å²) in [6, 6.07) is 19.4. The molecular formula is C28H26FN3O. The number of imidazole rings is 1. The SMILES string of the molecule is Cc1cccc(-c2nc3cc(F)ccc3n2C2CC2)c1NC(=O)[C@H]1CCCc2ccccc21. The summed E-state index contributed by atoms with van der Waals surface area (Å²) < 4.78 is 16.2. The van der Waals surface area contributed by atoms with Crippen molar-refractivity contribution in [2.24, 2.45) is 0 Å². The van der Waals surface area contributed by atoms with E-state index < -0.39 is 0 Å². The normalized spacial score (nSPS) is 17.7. The van der Waals surface area contributed by atoms with Crippen LogP contribution < -0.4 is 5.32 Å². The van der Waals surface area contributed by atoms with Gasteiger partial charge in [-0.2, -0.15) is 0 Å². The molecule has 5 heteroatoms. The minimum absolute atomic E-state index is 0.0258. The Morgan fingerprint density at radius 2 is 1.91 bits per heavy atom. The first-order chi connectivity index (χ1) is 16.1. The highest BCUT2D eigenvalue weighted by molar-refractivity contribution is 6.00. The molecule has 1 fully saturated rings. The summed E-state index contributed by atoms with van der Waals surface area (Å²) in [6.45, 7) is 2.01. The van der Waals surface area contributed by atoms with Crippen molar-refractivity contribution < 1.29 is 9.18 Å². The second-order valence-corrected chi connectivity index (χ2v) is 9.30. The van der Waals surface area contributed by atoms with Crippen molar-refractivity contribution in [1.29, 1.82) is 0 Å². The van der Waals surface area contributed by atoms with Crippen LogP contribution in [0.3, 0.4) is 0 Å². The van der Waals surface area contributed by atoms with Crippen LogP contribution >= 0.6 is 0 Å². The number of aromatic nitrogens is 2. The van der Waals surface area contributed by atoms with E-state index in [2.05, 4.69) is 22.0 Å². The van der Waals surface area contributed by atoms with Gasteiger partial charge in [0.1, 0.15) is 11.6 Å². The van der Waals surface area contributed by atoms with Crippen LogP contribution in [-0.4, -0.2) is 15.5 Å². The number of rotatable bonds is 4. The van der Waals surface area contributed by atoms with E-state index in [4.69, 9.17) is 4.98 Å². The van der Waals surface area contributed by atoms with Gasteiger partial charge in [0, 0.05) is 17.7 Å². The Kier molecular flexibility index (Phi) is 4.79. The highest BCUT2D eigenvalue weighted by Gasteiger charge is 2.31. The zero-order chi connectivity index (χ0) is 22.5. The maximum absolute atomic E-state index is 13.9. The number of hydrogen-bond donors (Lipinski definition) is 1. The van der Waals surface area contributed by atoms with Gasteiger partial charge < -0.3 is 9.88 Å². The van der Waals surface area contributed by atoms with E-state index in [0.717, 1.165) is 65.8 Å². The molecule has 6 rings (SSSR count). The Labute approximate surface area is 192 Å². The molecule has 0 bridgehead atoms. The van der Waals surface area contributed by atoms with Crippen molar-refractivity contribution in [1.82, 2.24) is 9.55 Å². The van der Waals surface area contributed by atoms with Gasteiger partial charge in [-0.05, 0) is 73.9 Å². The summed E-state index contributed by atoms with van der Waals surface area (Å²) in [6.07, 6.45) is 5.06. The van der Waals surface area contributed by atoms with Gasteiger partial charge in [0.2, 0.25) is 5.91 Å². The molecule has 0 radical (unpaired) electrons. The van der Waals surface area contributed by atoms with E-state index in [0.29, 0.717) is 11.6 Å². The lowest BCUT2D eigenvalue weighted by Crippen LogP contribution is -2.25. The van der Waals surface area contributed by atoms with Crippen molar-refractivity contribution in [3.63, 3.8) is 0 Å². The summed E-state index contributed by atoms with van der Waals surface area (Å²) >= 11 is 0. The first-order valence-electron chi connectivity index (χ1n) is 11.8. The lowest BCUT2D eigenvalue weighted by atomic mass is 9.82. The molecule has 33 heavy (non-hydrogen) atoms. The maximum atomic E-state index is 13.9. The molecule has 3 aromatic carbocycles. The van der Waals surface area contributed by atoms with Crippen molar-refractivity contribution in [2.75, 3.05) is 5.32 Å². The van der Waals surface area contributed by atoms with Gasteiger partial charge in [0.05, 0.1) is 22.6 Å². The number of anilines is 1. The molecular weight excluding hydrogens is 413 g/mol. The summed E-state index contributed by atoms with van der Waals surface area (Å²) in [7, 11) is 0. The molecule has 0 aliphatic heterocycles. The standard InChI is InChI=1S/C28H26FN3O/c1-17-6-4-11-23(27-30-24-16-19(29)12-15-25(24)32(27)20-13-14-20)26(17)31-28(33)22-10-5-8-18-7-2-3-9-21(18)22/h2-4,6-7,9,11-12,15-16,20,22H,5,8,10,13-14H2,1H3,(H,31,33)/t22-/m0/s1. The number of nitrogens with zero attached hydrogens (tertiary/aromatic N) is 2. The molecule has 1 N–H and O–H groups in total. The van der Waals surface area contributed by atoms with Gasteiger partial charge in [-0.1, -0.05) is 36.4 Å². The lowest BCUT2D eigenvalue weighted by molar-refractivity contribution is -0.117. The third kappa shape index (κ3) is 3.52. The summed E-state index contributed by atoms with van der Waals surface area (Å²) in [5.41, 5.74) is 6.67. The molecule has 2 aliphatic rings. The lowest BCUT2D eigenvalue weighted by Gasteiger charge is -2.25. The van der Waals surface area contributed by atoms with Crippen LogP contribution in [0.1, 0.15) is 54.3 Å². The zero-order valence-corrected chi connectivity index (χ0v) is 18.6. The Morgan fingerprint density at radius 3 is 2.76 bits per heavy atom. The van der Waals surface area contributed by atoms with E-state index in [-0.39, 0.29) is 17.6 Å². The second-order valence-electron chi connectivity index (χ2n) is 9.30. The molecule has 4 nitrogen and oxygen atoms in total. The molecule has 1 atom stereocenters. The minimum atomic E-state index is -0.289. The minimum Gasteiger partial charge on any atom is -0.325 e. The summed E-state index contributed by atoms with van der Waals surface area (Å²) in [5.74, 6) is 0.376. The number of aryl methyl sites for hydroxylation is 2. The number of carbonyl (C=O) groups excluding carboxylic acids is 1. The number of hydrogen-bond acceptors (Lipinski definition) is 2. The van der Waals surface area contributed by atoms with Crippen LogP contribution in [0.15, 0.2) is 60.7 Å². The molecule has 0 spiro atoms. The largest absolute Gasteiger partial charge is 0.325 e. The third-order valence-corrected chi connectivity index (χ3v) is 7.01. The Morgan fingerprint density at radius 1 is 1.06 bits per heavy atom. The average Bonchev–Trinajstić information content (AvgIpc) is 3.60. The molecule has 4 aromatic rings. The van der Waals surface area contributed by atoms with E-state index >= 15 is 0 Å².